The molecule has 0 unspecified atom stereocenters. The molecule has 1 aliphatic heterocycles. The quantitative estimate of drug-likeness (QED) is 0.122. The van der Waals surface area contributed by atoms with Crippen molar-refractivity contribution in [3.05, 3.63) is 82.9 Å². The number of rotatable bonds is 10. The second-order valence-electron chi connectivity index (χ2n) is 21.4. The Morgan fingerprint density at radius 3 is 1.93 bits per heavy atom. The molecule has 1 saturated heterocycles. The van der Waals surface area contributed by atoms with Gasteiger partial charge in [0.1, 0.15) is 35.6 Å². The van der Waals surface area contributed by atoms with Gasteiger partial charge in [-0.1, -0.05) is 69.3 Å². The van der Waals surface area contributed by atoms with E-state index >= 15 is 0 Å². The lowest BCUT2D eigenvalue weighted by atomic mass is 9.44. The Hall–Kier alpha value is -4.87. The summed E-state index contributed by atoms with van der Waals surface area (Å²) in [6.07, 6.45) is -6.89. The summed E-state index contributed by atoms with van der Waals surface area (Å²) < 4.78 is 37.0. The van der Waals surface area contributed by atoms with Gasteiger partial charge in [-0.05, 0) is 92.0 Å². The van der Waals surface area contributed by atoms with E-state index in [2.05, 4.69) is 5.32 Å². The van der Waals surface area contributed by atoms with Crippen LogP contribution in [0.4, 0.5) is 4.79 Å². The number of aliphatic hydroxyl groups excluding tert-OH is 3. The van der Waals surface area contributed by atoms with Gasteiger partial charge in [0.05, 0.1) is 30.2 Å². The Labute approximate surface area is 389 Å². The van der Waals surface area contributed by atoms with E-state index in [-0.39, 0.29) is 29.7 Å². The highest BCUT2D eigenvalue weighted by atomic mass is 16.6. The van der Waals surface area contributed by atoms with Crippen molar-refractivity contribution < 1.29 is 72.8 Å². The SMILES string of the molecule is CC(=O)O[C@@H]1C2=C(C)[C@@H](OC(=O)[C@H](O)[C@@H](NC(=O)OC34CC5CC(CC(C5)C3)C4)c3ccccc3)C[C@@](O)([C@@H](OC(=O)c3ccccc3)[C@@H]3[C@]4(OC(C)=O)CO[C@@H]4C[C@H](O)[C@@]3(C)[C@H]1O)C2(C)C. The van der Waals surface area contributed by atoms with Crippen molar-refractivity contribution in [3.8, 4) is 0 Å². The van der Waals surface area contributed by atoms with Crippen LogP contribution in [0.3, 0.4) is 0 Å². The number of hydrogen-bond donors (Lipinski definition) is 5. The van der Waals surface area contributed by atoms with Crippen molar-refractivity contribution in [3.63, 3.8) is 0 Å². The van der Waals surface area contributed by atoms with Crippen LogP contribution in [0.5, 0.6) is 0 Å². The summed E-state index contributed by atoms with van der Waals surface area (Å²) in [6, 6.07) is 15.0. The van der Waals surface area contributed by atoms with Crippen LogP contribution in [0.2, 0.25) is 0 Å². The third kappa shape index (κ3) is 7.74. The number of fused-ring (bicyclic) bond motifs is 5. The van der Waals surface area contributed by atoms with Crippen molar-refractivity contribution in [1.82, 2.24) is 5.32 Å². The zero-order valence-corrected chi connectivity index (χ0v) is 38.8. The van der Waals surface area contributed by atoms with Gasteiger partial charge >= 0.3 is 30.0 Å². The molecule has 8 aliphatic rings. The molecular weight excluding hydrogens is 867 g/mol. The molecule has 0 radical (unpaired) electrons. The standard InChI is InChI=1S/C51H63NO15/c1-26-34(64-45(59)39(56)38(32-13-9-7-10-14-32)52-46(60)67-49-21-29-17-30(22-49)19-31(18-29)23-49)24-51(61)43(65-44(58)33-15-11-8-12-16-33)41-48(6,35(55)20-36-50(41,25-62-36)66-28(3)54)42(57)40(63-27(2)53)37(26)47(51,4)5/h7-16,29-31,34-36,38-43,55-57,61H,17-25H2,1-6H3,(H,52,60)/t29?,30?,31?,34-,35-,36+,38-,39+,40+,41-,42-,43-,48+,49?,50-,51+/m0/s1. The molecule has 5 N–H and O–H groups in total. The molecule has 2 aromatic carbocycles. The number of esters is 4. The summed E-state index contributed by atoms with van der Waals surface area (Å²) in [5, 5.41) is 53.7. The maximum Gasteiger partial charge on any atom is 0.408 e. The van der Waals surface area contributed by atoms with Crippen molar-refractivity contribution >= 4 is 30.0 Å². The fraction of sp³-hybridized carbons (Fsp3) is 0.627. The molecule has 10 rings (SSSR count). The number of benzene rings is 2. The second kappa shape index (κ2) is 17.0. The lowest BCUT2D eigenvalue weighted by molar-refractivity contribution is -0.365. The molecule has 6 bridgehead atoms. The third-order valence-electron chi connectivity index (χ3n) is 17.0. The number of carbonyl (C=O) groups excluding carboxylic acids is 5. The number of aliphatic hydroxyl groups is 4. The first-order chi connectivity index (χ1) is 31.6. The first-order valence-electron chi connectivity index (χ1n) is 23.6. The van der Waals surface area contributed by atoms with Crippen molar-refractivity contribution in [2.45, 2.75) is 158 Å². The van der Waals surface area contributed by atoms with Crippen LogP contribution in [-0.2, 0) is 42.8 Å². The van der Waals surface area contributed by atoms with Crippen LogP contribution < -0.4 is 5.32 Å². The molecule has 1 amide bonds. The molecule has 12 atom stereocenters. The number of carbonyl (C=O) groups is 5. The lowest BCUT2D eigenvalue weighted by Crippen LogP contribution is -2.82. The van der Waals surface area contributed by atoms with Gasteiger partial charge in [0.2, 0.25) is 0 Å². The molecule has 16 nitrogen and oxygen atoms in total. The average molecular weight is 930 g/mol. The van der Waals surface area contributed by atoms with Gasteiger partial charge in [-0.3, -0.25) is 9.59 Å². The summed E-state index contributed by atoms with van der Waals surface area (Å²) in [4.78, 5) is 69.0. The molecule has 7 aliphatic carbocycles. The molecule has 0 spiro atoms. The molecule has 6 saturated carbocycles. The van der Waals surface area contributed by atoms with E-state index < -0.39 is 119 Å². The van der Waals surface area contributed by atoms with E-state index in [1.165, 1.54) is 26.0 Å². The van der Waals surface area contributed by atoms with E-state index in [1.54, 1.807) is 69.3 Å². The summed E-state index contributed by atoms with van der Waals surface area (Å²) in [7, 11) is 0. The van der Waals surface area contributed by atoms with Gasteiger partial charge in [-0.25, -0.2) is 14.4 Å². The first-order valence-corrected chi connectivity index (χ1v) is 23.6. The molecule has 67 heavy (non-hydrogen) atoms. The van der Waals surface area contributed by atoms with Crippen molar-refractivity contribution in [1.29, 1.82) is 0 Å². The summed E-state index contributed by atoms with van der Waals surface area (Å²) in [6.45, 7) is 8.38. The highest BCUT2D eigenvalue weighted by Gasteiger charge is 2.78. The molecular formula is C51H63NO15. The zero-order valence-electron chi connectivity index (χ0n) is 38.8. The fourth-order valence-corrected chi connectivity index (χ4v) is 14.1. The Bertz CT molecular complexity index is 2280. The Kier molecular flexibility index (Phi) is 12.0. The van der Waals surface area contributed by atoms with Gasteiger partial charge in [-0.15, -0.1) is 0 Å². The predicted octanol–water partition coefficient (Wildman–Crippen LogP) is 4.79. The van der Waals surface area contributed by atoms with Crippen LogP contribution >= 0.6 is 0 Å². The minimum Gasteiger partial charge on any atom is -0.456 e. The van der Waals surface area contributed by atoms with E-state index in [0.29, 0.717) is 23.3 Å². The Balaban J connectivity index is 1.12. The van der Waals surface area contributed by atoms with Crippen LogP contribution in [0.1, 0.15) is 115 Å². The second-order valence-corrected chi connectivity index (χ2v) is 21.4. The van der Waals surface area contributed by atoms with Crippen molar-refractivity contribution in [2.24, 2.45) is 34.5 Å². The summed E-state index contributed by atoms with van der Waals surface area (Å²) in [5.74, 6) is -3.66. The summed E-state index contributed by atoms with van der Waals surface area (Å²) >= 11 is 0. The fourth-order valence-electron chi connectivity index (χ4n) is 14.1. The van der Waals surface area contributed by atoms with Gasteiger partial charge in [0.15, 0.2) is 17.8 Å². The topological polar surface area (TPSA) is 234 Å². The maximum absolute atomic E-state index is 14.6. The van der Waals surface area contributed by atoms with Gasteiger partial charge in [-0.2, -0.15) is 0 Å². The monoisotopic (exact) mass is 929 g/mol. The molecule has 1 heterocycles. The van der Waals surface area contributed by atoms with Gasteiger partial charge < -0.3 is 54.2 Å². The number of hydrogen-bond acceptors (Lipinski definition) is 15. The highest BCUT2D eigenvalue weighted by Crippen LogP contribution is 2.65. The number of alkyl carbamates (subject to hydrolysis) is 1. The van der Waals surface area contributed by atoms with E-state index in [4.69, 9.17) is 28.4 Å². The minimum atomic E-state index is -2.35. The highest BCUT2D eigenvalue weighted by molar-refractivity contribution is 5.89. The smallest absolute Gasteiger partial charge is 0.408 e. The van der Waals surface area contributed by atoms with Gasteiger partial charge in [0, 0.05) is 37.5 Å². The third-order valence-corrected chi connectivity index (χ3v) is 17.0. The molecule has 2 aromatic rings. The van der Waals surface area contributed by atoms with Crippen LogP contribution in [0, 0.1) is 34.5 Å². The van der Waals surface area contributed by atoms with Crippen LogP contribution in [0.25, 0.3) is 0 Å². The largest absolute Gasteiger partial charge is 0.456 e. The Morgan fingerprint density at radius 1 is 0.776 bits per heavy atom. The normalized spacial score (nSPS) is 39.7. The average Bonchev–Trinajstić information content (AvgIpc) is 3.26. The minimum absolute atomic E-state index is 0.0975. The van der Waals surface area contributed by atoms with Crippen LogP contribution in [-0.4, -0.2) is 117 Å². The molecule has 362 valence electrons. The van der Waals surface area contributed by atoms with E-state index in [0.717, 1.165) is 45.4 Å². The number of nitrogens with one attached hydrogen (secondary N) is 1. The zero-order chi connectivity index (χ0) is 48.0. The predicted molar refractivity (Wildman–Crippen MR) is 235 cm³/mol. The van der Waals surface area contributed by atoms with Crippen molar-refractivity contribution in [2.75, 3.05) is 6.61 Å². The molecule has 7 fully saturated rings. The maximum atomic E-state index is 14.6. The first kappa shape index (κ1) is 47.2. The van der Waals surface area contributed by atoms with Gasteiger partial charge in [0.25, 0.3) is 0 Å². The lowest BCUT2D eigenvalue weighted by Gasteiger charge is -2.69. The van der Waals surface area contributed by atoms with Crippen LogP contribution in [0.15, 0.2) is 71.8 Å². The molecule has 0 aromatic heterocycles. The Morgan fingerprint density at radius 2 is 1.37 bits per heavy atom. The molecule has 16 heteroatoms. The van der Waals surface area contributed by atoms with E-state index in [9.17, 15) is 44.4 Å². The number of amides is 1. The number of ether oxygens (including phenoxy) is 6. The summed E-state index contributed by atoms with van der Waals surface area (Å²) in [5.41, 5.74) is -7.32. The van der Waals surface area contributed by atoms with E-state index in [1.807, 2.05) is 0 Å².